The quantitative estimate of drug-likeness (QED) is 0.101. The molecule has 39 heavy (non-hydrogen) atoms. The second-order valence-corrected chi connectivity index (χ2v) is 9.96. The van der Waals surface area contributed by atoms with Crippen molar-refractivity contribution in [3.8, 4) is 17.1 Å². The van der Waals surface area contributed by atoms with Crippen LogP contribution in [0.15, 0.2) is 58.4 Å². The number of pyridine rings is 1. The Morgan fingerprint density at radius 3 is 2.62 bits per heavy atom. The van der Waals surface area contributed by atoms with Crippen LogP contribution in [-0.2, 0) is 19.4 Å². The number of aliphatic imine (C=N–C) groups is 1. The molecule has 0 aliphatic heterocycles. The number of guanidine groups is 1. The van der Waals surface area contributed by atoms with E-state index in [1.165, 1.54) is 5.56 Å². The molecule has 4 aromatic rings. The number of H-pyrrole nitrogens is 1. The van der Waals surface area contributed by atoms with Gasteiger partial charge in [0, 0.05) is 36.4 Å². The van der Waals surface area contributed by atoms with Crippen LogP contribution in [0, 0.1) is 0 Å². The molecule has 0 amide bonds. The Bertz CT molecular complexity index is 1460. The Morgan fingerprint density at radius 1 is 1.10 bits per heavy atom. The van der Waals surface area contributed by atoms with Crippen molar-refractivity contribution in [2.75, 3.05) is 13.1 Å². The van der Waals surface area contributed by atoms with Crippen molar-refractivity contribution in [3.63, 3.8) is 0 Å². The maximum Gasteiger partial charge on any atom is 0.354 e. The van der Waals surface area contributed by atoms with E-state index in [2.05, 4.69) is 39.3 Å². The Labute approximate surface area is 228 Å². The van der Waals surface area contributed by atoms with Gasteiger partial charge in [-0.2, -0.15) is 4.98 Å². The molecule has 0 saturated heterocycles. The second-order valence-electron chi connectivity index (χ2n) is 9.96. The van der Waals surface area contributed by atoms with Crippen molar-refractivity contribution in [2.24, 2.45) is 22.2 Å². The summed E-state index contributed by atoms with van der Waals surface area (Å²) in [6, 6.07) is 14.3. The topological polar surface area (TPSA) is 166 Å². The average Bonchev–Trinajstić information content (AvgIpc) is 3.33. The first-order valence-corrected chi connectivity index (χ1v) is 13.6. The van der Waals surface area contributed by atoms with Crippen molar-refractivity contribution >= 4 is 17.0 Å². The molecule has 0 bridgehead atoms. The molecular weight excluding hydrogens is 490 g/mol. The number of rotatable bonds is 13. The number of nitrogens with one attached hydrogen (secondary N) is 2. The summed E-state index contributed by atoms with van der Waals surface area (Å²) >= 11 is 0. The van der Waals surface area contributed by atoms with E-state index in [9.17, 15) is 4.79 Å². The lowest BCUT2D eigenvalue weighted by molar-refractivity contribution is 0.620. The van der Waals surface area contributed by atoms with Crippen LogP contribution in [0.4, 0.5) is 0 Å². The van der Waals surface area contributed by atoms with Crippen molar-refractivity contribution in [3.05, 3.63) is 76.0 Å². The van der Waals surface area contributed by atoms with Crippen LogP contribution in [0.1, 0.15) is 49.9 Å². The lowest BCUT2D eigenvalue weighted by Crippen LogP contribution is -2.23. The lowest BCUT2D eigenvalue weighted by atomic mass is 10.1. The van der Waals surface area contributed by atoms with Crippen molar-refractivity contribution < 1.29 is 0 Å². The number of aromatic amines is 1. The zero-order valence-corrected chi connectivity index (χ0v) is 22.8. The molecule has 4 rings (SSSR count). The van der Waals surface area contributed by atoms with Crippen LogP contribution in [0.25, 0.3) is 28.1 Å². The molecule has 0 fully saturated rings. The molecule has 0 radical (unpaired) electrons. The molecule has 0 unspecified atom stereocenters. The predicted molar refractivity (Wildman–Crippen MR) is 158 cm³/mol. The zero-order chi connectivity index (χ0) is 27.8. The SMILES string of the molecule is CCc1cc(CCC[C@H](C)N)nc(-c2cc3cn(-c4ccc(CNCCCN=C(N)N)cc4)c(=O)nc3[nH]2)c1. The summed E-state index contributed by atoms with van der Waals surface area (Å²) in [5.41, 5.74) is 22.7. The standard InChI is InChI=1S/C29H39N9O/c1-3-20-14-23(7-4-6-19(2)30)35-25(15-20)26-16-22-18-38(29(39)37-27(22)36-26)24-10-8-21(9-11-24)17-33-12-5-13-34-28(31)32/h8-11,14-16,18-19,33H,3-7,12-13,17,30H2,1-2H3,(H4,31,32,34)(H,36,37,39)/t19-/m0/s1. The third-order valence-corrected chi connectivity index (χ3v) is 6.57. The van der Waals surface area contributed by atoms with Gasteiger partial charge in [-0.25, -0.2) is 4.79 Å². The molecule has 1 aromatic carbocycles. The highest BCUT2D eigenvalue weighted by atomic mass is 16.1. The molecule has 0 aliphatic rings. The first kappa shape index (κ1) is 28.0. The number of benzene rings is 1. The van der Waals surface area contributed by atoms with Crippen molar-refractivity contribution in [1.82, 2.24) is 24.8 Å². The van der Waals surface area contributed by atoms with E-state index >= 15 is 0 Å². The first-order valence-electron chi connectivity index (χ1n) is 13.6. The second kappa shape index (κ2) is 13.2. The molecule has 0 aliphatic carbocycles. The van der Waals surface area contributed by atoms with Crippen molar-refractivity contribution in [2.45, 2.75) is 58.5 Å². The highest BCUT2D eigenvalue weighted by Crippen LogP contribution is 2.24. The normalized spacial score (nSPS) is 12.1. The highest BCUT2D eigenvalue weighted by molar-refractivity contribution is 5.81. The fourth-order valence-corrected chi connectivity index (χ4v) is 4.46. The van der Waals surface area contributed by atoms with Crippen LogP contribution in [-0.4, -0.2) is 44.6 Å². The number of nitrogens with two attached hydrogens (primary N) is 3. The van der Waals surface area contributed by atoms with Gasteiger partial charge >= 0.3 is 5.69 Å². The fraction of sp³-hybridized carbons (Fsp3) is 0.379. The van der Waals surface area contributed by atoms with Crippen LogP contribution in [0.5, 0.6) is 0 Å². The fourth-order valence-electron chi connectivity index (χ4n) is 4.46. The van der Waals surface area contributed by atoms with E-state index in [0.29, 0.717) is 18.7 Å². The average molecular weight is 530 g/mol. The van der Waals surface area contributed by atoms with Crippen molar-refractivity contribution in [1.29, 1.82) is 0 Å². The third kappa shape index (κ3) is 7.75. The van der Waals surface area contributed by atoms with Gasteiger partial charge in [-0.3, -0.25) is 14.5 Å². The van der Waals surface area contributed by atoms with E-state index in [-0.39, 0.29) is 17.7 Å². The zero-order valence-electron chi connectivity index (χ0n) is 22.8. The number of hydrogen-bond acceptors (Lipinski definition) is 6. The van der Waals surface area contributed by atoms with Gasteiger partial charge in [0.1, 0.15) is 5.65 Å². The molecule has 3 heterocycles. The number of fused-ring (bicyclic) bond motifs is 1. The molecule has 3 aromatic heterocycles. The summed E-state index contributed by atoms with van der Waals surface area (Å²) in [5.74, 6) is 0.115. The van der Waals surface area contributed by atoms with Gasteiger partial charge in [0.05, 0.1) is 17.1 Å². The van der Waals surface area contributed by atoms with Gasteiger partial charge in [-0.1, -0.05) is 19.1 Å². The summed E-state index contributed by atoms with van der Waals surface area (Å²) in [7, 11) is 0. The Hall–Kier alpha value is -4.02. The van der Waals surface area contributed by atoms with Crippen LogP contribution in [0.3, 0.4) is 0 Å². The Kier molecular flexibility index (Phi) is 9.45. The third-order valence-electron chi connectivity index (χ3n) is 6.57. The van der Waals surface area contributed by atoms with Crippen LogP contribution >= 0.6 is 0 Å². The molecule has 206 valence electrons. The first-order chi connectivity index (χ1) is 18.8. The number of aromatic nitrogens is 4. The predicted octanol–water partition coefficient (Wildman–Crippen LogP) is 2.76. The molecule has 0 saturated carbocycles. The van der Waals surface area contributed by atoms with E-state index in [1.807, 2.05) is 43.5 Å². The van der Waals surface area contributed by atoms with Crippen LogP contribution < -0.4 is 28.2 Å². The minimum atomic E-state index is -0.339. The molecule has 0 spiro atoms. The number of nitrogens with zero attached hydrogens (tertiary/aromatic N) is 4. The Balaban J connectivity index is 1.49. The molecule has 1 atom stereocenters. The highest BCUT2D eigenvalue weighted by Gasteiger charge is 2.12. The summed E-state index contributed by atoms with van der Waals surface area (Å²) in [6.45, 7) is 6.29. The van der Waals surface area contributed by atoms with E-state index in [1.54, 1.807) is 4.57 Å². The van der Waals surface area contributed by atoms with Gasteiger partial charge in [0.15, 0.2) is 5.96 Å². The maximum atomic E-state index is 12.9. The van der Waals surface area contributed by atoms with Gasteiger partial charge in [-0.15, -0.1) is 0 Å². The van der Waals surface area contributed by atoms with Gasteiger partial charge < -0.3 is 27.5 Å². The Morgan fingerprint density at radius 2 is 1.90 bits per heavy atom. The molecule has 8 N–H and O–H groups in total. The monoisotopic (exact) mass is 529 g/mol. The number of hydrogen-bond donors (Lipinski definition) is 5. The largest absolute Gasteiger partial charge is 0.370 e. The van der Waals surface area contributed by atoms with E-state index in [4.69, 9.17) is 22.2 Å². The summed E-state index contributed by atoms with van der Waals surface area (Å²) in [6.07, 6.45) is 6.45. The summed E-state index contributed by atoms with van der Waals surface area (Å²) in [4.78, 5) is 29.4. The molecule has 10 heteroatoms. The van der Waals surface area contributed by atoms with Crippen LogP contribution in [0.2, 0.25) is 0 Å². The van der Waals surface area contributed by atoms with Gasteiger partial charge in [-0.05, 0) is 87.0 Å². The van der Waals surface area contributed by atoms with Gasteiger partial charge in [0.25, 0.3) is 0 Å². The minimum absolute atomic E-state index is 0.115. The summed E-state index contributed by atoms with van der Waals surface area (Å²) < 4.78 is 1.57. The van der Waals surface area contributed by atoms with E-state index in [0.717, 1.165) is 72.4 Å². The van der Waals surface area contributed by atoms with Gasteiger partial charge in [0.2, 0.25) is 0 Å². The minimum Gasteiger partial charge on any atom is -0.370 e. The summed E-state index contributed by atoms with van der Waals surface area (Å²) in [5, 5.41) is 4.21. The van der Waals surface area contributed by atoms with E-state index < -0.39 is 0 Å². The number of aryl methyl sites for hydroxylation is 2. The lowest BCUT2D eigenvalue weighted by Gasteiger charge is -2.08. The molecular formula is C29H39N9O. The smallest absolute Gasteiger partial charge is 0.354 e. The molecule has 10 nitrogen and oxygen atoms in total. The maximum absolute atomic E-state index is 12.9.